The van der Waals surface area contributed by atoms with Crippen LogP contribution >= 0.6 is 0 Å². The summed E-state index contributed by atoms with van der Waals surface area (Å²) in [6.07, 6.45) is 2.14. The van der Waals surface area contributed by atoms with Gasteiger partial charge in [0.05, 0.1) is 0 Å². The number of fused-ring (bicyclic) bond motifs is 2. The fourth-order valence-corrected chi connectivity index (χ4v) is 4.15. The Labute approximate surface area is 173 Å². The van der Waals surface area contributed by atoms with Crippen molar-refractivity contribution in [2.45, 2.75) is 24.8 Å². The van der Waals surface area contributed by atoms with Crippen LogP contribution < -0.4 is 16.0 Å². The molecule has 2 aromatic carbocycles. The van der Waals surface area contributed by atoms with E-state index in [4.69, 9.17) is 0 Å². The third-order valence-corrected chi connectivity index (χ3v) is 5.61. The van der Waals surface area contributed by atoms with Crippen LogP contribution in [0, 0.1) is 0 Å². The standard InChI is InChI=1S/C22H22N4O4/c1-23-19(28)15-8-10-16(11-9-15)24-18(27)13-26-20(29)22(25-21(26)30)12-4-6-14-5-2-3-7-17(14)22/h2-3,5,7-11H,4,6,12-13H2,1H3,(H,23,28)(H,24,27)(H,25,30). The van der Waals surface area contributed by atoms with Gasteiger partial charge in [0, 0.05) is 18.3 Å². The second-order valence-corrected chi connectivity index (χ2v) is 7.44. The molecule has 1 spiro atoms. The van der Waals surface area contributed by atoms with Crippen LogP contribution in [0.1, 0.15) is 34.3 Å². The molecule has 0 bridgehead atoms. The summed E-state index contributed by atoms with van der Waals surface area (Å²) in [6, 6.07) is 13.4. The summed E-state index contributed by atoms with van der Waals surface area (Å²) in [5.41, 5.74) is 1.68. The molecule has 30 heavy (non-hydrogen) atoms. The molecule has 1 fully saturated rings. The number of urea groups is 1. The number of hydrogen-bond acceptors (Lipinski definition) is 4. The molecule has 1 saturated heterocycles. The highest BCUT2D eigenvalue weighted by atomic mass is 16.2. The Morgan fingerprint density at radius 2 is 1.83 bits per heavy atom. The molecule has 2 aliphatic rings. The predicted molar refractivity (Wildman–Crippen MR) is 110 cm³/mol. The van der Waals surface area contributed by atoms with Crippen molar-refractivity contribution in [1.82, 2.24) is 15.5 Å². The van der Waals surface area contributed by atoms with E-state index < -0.39 is 23.4 Å². The normalized spacial score (nSPS) is 20.0. The van der Waals surface area contributed by atoms with Gasteiger partial charge in [-0.1, -0.05) is 24.3 Å². The third-order valence-electron chi connectivity index (χ3n) is 5.61. The Hall–Kier alpha value is -3.68. The molecular formula is C22H22N4O4. The lowest BCUT2D eigenvalue weighted by molar-refractivity contribution is -0.134. The van der Waals surface area contributed by atoms with Crippen molar-refractivity contribution in [2.24, 2.45) is 0 Å². The number of imide groups is 1. The summed E-state index contributed by atoms with van der Waals surface area (Å²) in [5, 5.41) is 8.01. The van der Waals surface area contributed by atoms with Crippen molar-refractivity contribution in [3.05, 3.63) is 65.2 Å². The van der Waals surface area contributed by atoms with Gasteiger partial charge < -0.3 is 16.0 Å². The van der Waals surface area contributed by atoms with E-state index in [2.05, 4.69) is 16.0 Å². The minimum Gasteiger partial charge on any atom is -0.355 e. The van der Waals surface area contributed by atoms with Gasteiger partial charge in [-0.3, -0.25) is 19.3 Å². The summed E-state index contributed by atoms with van der Waals surface area (Å²) in [5.74, 6) is -1.12. The Morgan fingerprint density at radius 1 is 1.10 bits per heavy atom. The zero-order valence-electron chi connectivity index (χ0n) is 16.5. The molecular weight excluding hydrogens is 384 g/mol. The van der Waals surface area contributed by atoms with Crippen LogP contribution in [-0.4, -0.2) is 42.2 Å². The first-order valence-corrected chi connectivity index (χ1v) is 9.79. The number of carbonyl (C=O) groups excluding carboxylic acids is 4. The molecule has 0 aromatic heterocycles. The Bertz CT molecular complexity index is 1030. The van der Waals surface area contributed by atoms with E-state index in [0.717, 1.165) is 28.9 Å². The number of anilines is 1. The largest absolute Gasteiger partial charge is 0.355 e. The van der Waals surface area contributed by atoms with Gasteiger partial charge in [-0.05, 0) is 54.7 Å². The minimum absolute atomic E-state index is 0.231. The molecule has 8 nitrogen and oxygen atoms in total. The van der Waals surface area contributed by atoms with E-state index in [1.54, 1.807) is 24.3 Å². The van der Waals surface area contributed by atoms with Gasteiger partial charge in [-0.15, -0.1) is 0 Å². The predicted octanol–water partition coefficient (Wildman–Crippen LogP) is 1.77. The number of hydrogen-bond donors (Lipinski definition) is 3. The zero-order chi connectivity index (χ0) is 21.3. The highest BCUT2D eigenvalue weighted by Gasteiger charge is 2.54. The highest BCUT2D eigenvalue weighted by molar-refractivity contribution is 6.10. The quantitative estimate of drug-likeness (QED) is 0.673. The van der Waals surface area contributed by atoms with E-state index in [1.165, 1.54) is 7.05 Å². The van der Waals surface area contributed by atoms with Crippen LogP contribution in [0.5, 0.6) is 0 Å². The second-order valence-electron chi connectivity index (χ2n) is 7.44. The average molecular weight is 406 g/mol. The number of carbonyl (C=O) groups is 4. The van der Waals surface area contributed by atoms with E-state index in [0.29, 0.717) is 17.7 Å². The third kappa shape index (κ3) is 3.30. The molecule has 5 amide bonds. The number of nitrogens with one attached hydrogen (secondary N) is 3. The molecule has 2 aromatic rings. The zero-order valence-corrected chi connectivity index (χ0v) is 16.5. The summed E-state index contributed by atoms with van der Waals surface area (Å²) in [7, 11) is 1.54. The SMILES string of the molecule is CNC(=O)c1ccc(NC(=O)CN2C(=O)NC3(CCCc4ccccc43)C2=O)cc1. The average Bonchev–Trinajstić information content (AvgIpc) is 2.98. The second kappa shape index (κ2) is 7.62. The summed E-state index contributed by atoms with van der Waals surface area (Å²) < 4.78 is 0. The fraction of sp³-hybridized carbons (Fsp3) is 0.273. The lowest BCUT2D eigenvalue weighted by Crippen LogP contribution is -2.47. The van der Waals surface area contributed by atoms with E-state index in [-0.39, 0.29) is 12.5 Å². The van der Waals surface area contributed by atoms with Crippen LogP contribution in [0.4, 0.5) is 10.5 Å². The lowest BCUT2D eigenvalue weighted by atomic mass is 9.76. The first-order valence-electron chi connectivity index (χ1n) is 9.79. The van der Waals surface area contributed by atoms with Gasteiger partial charge in [0.25, 0.3) is 11.8 Å². The molecule has 0 saturated carbocycles. The monoisotopic (exact) mass is 406 g/mol. The Balaban J connectivity index is 1.48. The lowest BCUT2D eigenvalue weighted by Gasteiger charge is -2.33. The van der Waals surface area contributed by atoms with Gasteiger partial charge in [0.15, 0.2) is 0 Å². The van der Waals surface area contributed by atoms with Gasteiger partial charge in [0.1, 0.15) is 12.1 Å². The molecule has 0 radical (unpaired) electrons. The highest BCUT2D eigenvalue weighted by Crippen LogP contribution is 2.39. The van der Waals surface area contributed by atoms with Crippen LogP contribution in [0.25, 0.3) is 0 Å². The number of benzene rings is 2. The maximum Gasteiger partial charge on any atom is 0.325 e. The topological polar surface area (TPSA) is 108 Å². The molecule has 1 unspecified atom stereocenters. The number of nitrogens with zero attached hydrogens (tertiary/aromatic N) is 1. The molecule has 3 N–H and O–H groups in total. The number of amides is 5. The first-order chi connectivity index (χ1) is 14.4. The first kappa shape index (κ1) is 19.6. The number of aryl methyl sites for hydroxylation is 1. The van der Waals surface area contributed by atoms with Crippen molar-refractivity contribution >= 4 is 29.4 Å². The van der Waals surface area contributed by atoms with Crippen LogP contribution in [0.2, 0.25) is 0 Å². The van der Waals surface area contributed by atoms with Crippen molar-refractivity contribution in [2.75, 3.05) is 18.9 Å². The van der Waals surface area contributed by atoms with Crippen LogP contribution in [-0.2, 0) is 21.5 Å². The van der Waals surface area contributed by atoms with E-state index in [1.807, 2.05) is 24.3 Å². The molecule has 1 atom stereocenters. The van der Waals surface area contributed by atoms with Gasteiger partial charge in [-0.2, -0.15) is 0 Å². The number of rotatable bonds is 4. The molecule has 1 aliphatic carbocycles. The maximum absolute atomic E-state index is 13.2. The fourth-order valence-electron chi connectivity index (χ4n) is 4.15. The Morgan fingerprint density at radius 3 is 2.57 bits per heavy atom. The van der Waals surface area contributed by atoms with Crippen LogP contribution in [0.15, 0.2) is 48.5 Å². The van der Waals surface area contributed by atoms with Crippen molar-refractivity contribution in [3.8, 4) is 0 Å². The van der Waals surface area contributed by atoms with Gasteiger partial charge in [-0.25, -0.2) is 4.79 Å². The molecule has 4 rings (SSSR count). The molecule has 8 heteroatoms. The summed E-state index contributed by atoms with van der Waals surface area (Å²) in [6.45, 7) is -0.383. The Kier molecular flexibility index (Phi) is 4.99. The molecule has 154 valence electrons. The van der Waals surface area contributed by atoms with Gasteiger partial charge >= 0.3 is 6.03 Å². The summed E-state index contributed by atoms with van der Waals surface area (Å²) >= 11 is 0. The minimum atomic E-state index is -1.10. The van der Waals surface area contributed by atoms with Crippen LogP contribution in [0.3, 0.4) is 0 Å². The van der Waals surface area contributed by atoms with Crippen molar-refractivity contribution in [1.29, 1.82) is 0 Å². The van der Waals surface area contributed by atoms with Crippen molar-refractivity contribution in [3.63, 3.8) is 0 Å². The molecule has 1 heterocycles. The van der Waals surface area contributed by atoms with Crippen molar-refractivity contribution < 1.29 is 19.2 Å². The van der Waals surface area contributed by atoms with Gasteiger partial charge in [0.2, 0.25) is 5.91 Å². The maximum atomic E-state index is 13.2. The van der Waals surface area contributed by atoms with E-state index in [9.17, 15) is 19.2 Å². The smallest absolute Gasteiger partial charge is 0.325 e. The van der Waals surface area contributed by atoms with E-state index >= 15 is 0 Å². The molecule has 1 aliphatic heterocycles. The summed E-state index contributed by atoms with van der Waals surface area (Å²) in [4.78, 5) is 50.8.